The predicted molar refractivity (Wildman–Crippen MR) is 309 cm³/mol. The van der Waals surface area contributed by atoms with Crippen LogP contribution in [0.25, 0.3) is 95.0 Å². The third-order valence-corrected chi connectivity index (χ3v) is 14.3. The SMILES string of the molecule is [2H]C(C)(C)c1ccc(-c2ccnc(-c3cc(-c4ccccc4)cc(-c4cccc5c4nc(-c4cc(C(C)(C)C)cc(C(C)(C)C)c4O)n5-c4cc(-c5ccccc5)c(C(C)(C)C)cc4-c4ccccc4)c3)c2)cc1. The Kier molecular flexibility index (Phi) is 12.4. The van der Waals surface area contributed by atoms with Gasteiger partial charge in [0, 0.05) is 29.8 Å². The predicted octanol–water partition coefficient (Wildman–Crippen LogP) is 18.8. The minimum Gasteiger partial charge on any atom is -0.507 e. The molecule has 0 atom stereocenters. The quantitative estimate of drug-likeness (QED) is 0.157. The molecular formula is C69H67N3O. The van der Waals surface area contributed by atoms with Crippen LogP contribution in [-0.4, -0.2) is 19.6 Å². The zero-order chi connectivity index (χ0) is 52.3. The first-order chi connectivity index (χ1) is 35.1. The molecule has 1 N–H and O–H groups in total. The molecule has 0 aliphatic rings. The lowest BCUT2D eigenvalue weighted by Gasteiger charge is -2.28. The number of fused-ring (bicyclic) bond motifs is 1. The van der Waals surface area contributed by atoms with Crippen molar-refractivity contribution in [2.45, 2.75) is 98.3 Å². The van der Waals surface area contributed by atoms with Crippen molar-refractivity contribution in [1.82, 2.24) is 14.5 Å². The van der Waals surface area contributed by atoms with E-state index in [0.29, 0.717) is 11.4 Å². The monoisotopic (exact) mass is 955 g/mol. The van der Waals surface area contributed by atoms with Gasteiger partial charge in [0.2, 0.25) is 0 Å². The van der Waals surface area contributed by atoms with E-state index in [9.17, 15) is 5.11 Å². The molecule has 0 fully saturated rings. The van der Waals surface area contributed by atoms with Crippen LogP contribution in [0.5, 0.6) is 5.75 Å². The third kappa shape index (κ3) is 9.67. The number of benzene rings is 8. The number of aromatic nitrogens is 3. The van der Waals surface area contributed by atoms with Crippen molar-refractivity contribution in [3.63, 3.8) is 0 Å². The molecule has 0 aliphatic carbocycles. The van der Waals surface area contributed by atoms with E-state index in [1.807, 2.05) is 20.0 Å². The molecule has 2 aromatic heterocycles. The van der Waals surface area contributed by atoms with Crippen molar-refractivity contribution >= 4 is 11.0 Å². The number of hydrogen-bond acceptors (Lipinski definition) is 3. The second kappa shape index (κ2) is 19.0. The Morgan fingerprint density at radius 1 is 0.452 bits per heavy atom. The zero-order valence-corrected chi connectivity index (χ0v) is 44.3. The van der Waals surface area contributed by atoms with Gasteiger partial charge in [-0.05, 0) is 138 Å². The van der Waals surface area contributed by atoms with Crippen LogP contribution < -0.4 is 0 Å². The summed E-state index contributed by atoms with van der Waals surface area (Å²) < 4.78 is 10.9. The smallest absolute Gasteiger partial charge is 0.149 e. The Morgan fingerprint density at radius 2 is 1.03 bits per heavy atom. The third-order valence-electron chi connectivity index (χ3n) is 14.3. The fraction of sp³-hybridized carbons (Fsp3) is 0.217. The van der Waals surface area contributed by atoms with Crippen molar-refractivity contribution < 1.29 is 6.48 Å². The van der Waals surface area contributed by atoms with Gasteiger partial charge in [-0.3, -0.25) is 9.55 Å². The second-order valence-electron chi connectivity index (χ2n) is 22.9. The van der Waals surface area contributed by atoms with Crippen LogP contribution in [0, 0.1) is 0 Å². The summed E-state index contributed by atoms with van der Waals surface area (Å²) in [7, 11) is 0. The molecule has 10 rings (SSSR count). The van der Waals surface area contributed by atoms with E-state index in [-0.39, 0.29) is 22.0 Å². The average molecular weight is 955 g/mol. The second-order valence-corrected chi connectivity index (χ2v) is 22.9. The van der Waals surface area contributed by atoms with E-state index in [2.05, 4.69) is 255 Å². The molecule has 0 unspecified atom stereocenters. The summed E-state index contributed by atoms with van der Waals surface area (Å²) in [5.74, 6) is 0.209. The maximum Gasteiger partial charge on any atom is 0.149 e. The highest BCUT2D eigenvalue weighted by Gasteiger charge is 2.31. The highest BCUT2D eigenvalue weighted by atomic mass is 16.3. The van der Waals surface area contributed by atoms with Gasteiger partial charge in [-0.1, -0.05) is 210 Å². The molecule has 0 aliphatic heterocycles. The standard InChI is InChI=1S/C69H67N3O/c1-44(2)45-30-32-47(33-31-45)50-34-35-70-61(39-50)53-37-51(46-22-15-12-16-23-46)36-52(38-53)55-28-21-29-62-64(55)71-66(58-40-54(67(3,4)5)41-60(65(58)73)69(9,10)11)72(62)63-43-56(48-24-17-13-18-25-48)59(68(6,7)8)42-57(63)49-26-19-14-20-27-49/h12-44,73H,1-11H3/i44D. The summed E-state index contributed by atoms with van der Waals surface area (Å²) in [4.78, 5) is 10.8. The van der Waals surface area contributed by atoms with Crippen LogP contribution >= 0.6 is 0 Å². The molecule has 0 saturated carbocycles. The van der Waals surface area contributed by atoms with E-state index in [4.69, 9.17) is 11.3 Å². The molecule has 0 amide bonds. The number of para-hydroxylation sites is 1. The van der Waals surface area contributed by atoms with E-state index in [1.54, 1.807) is 0 Å². The molecule has 10 aromatic rings. The lowest BCUT2D eigenvalue weighted by atomic mass is 9.78. The Hall–Kier alpha value is -7.82. The maximum absolute atomic E-state index is 12.8. The molecule has 0 radical (unpaired) electrons. The van der Waals surface area contributed by atoms with Gasteiger partial charge in [-0.2, -0.15) is 0 Å². The average Bonchev–Trinajstić information content (AvgIpc) is 3.77. The molecule has 0 bridgehead atoms. The molecule has 2 heterocycles. The van der Waals surface area contributed by atoms with Gasteiger partial charge < -0.3 is 5.11 Å². The largest absolute Gasteiger partial charge is 0.507 e. The van der Waals surface area contributed by atoms with Crippen molar-refractivity contribution in [3.05, 3.63) is 217 Å². The first-order valence-electron chi connectivity index (χ1n) is 26.1. The van der Waals surface area contributed by atoms with E-state index in [0.717, 1.165) is 100 Å². The van der Waals surface area contributed by atoms with Crippen LogP contribution in [0.1, 0.15) is 106 Å². The molecule has 8 aromatic carbocycles. The number of rotatable bonds is 9. The van der Waals surface area contributed by atoms with Crippen LogP contribution in [0.2, 0.25) is 0 Å². The van der Waals surface area contributed by atoms with Crippen molar-refractivity contribution in [3.8, 4) is 89.7 Å². The lowest BCUT2D eigenvalue weighted by Crippen LogP contribution is -2.17. The van der Waals surface area contributed by atoms with Crippen LogP contribution in [0.4, 0.5) is 0 Å². The molecular weight excluding hydrogens is 887 g/mol. The minimum atomic E-state index is -0.686. The lowest BCUT2D eigenvalue weighted by molar-refractivity contribution is 0.446. The normalized spacial score (nSPS) is 12.6. The molecule has 73 heavy (non-hydrogen) atoms. The molecule has 364 valence electrons. The minimum absolute atomic E-state index is 0.193. The number of aromatic hydroxyl groups is 1. The van der Waals surface area contributed by atoms with Gasteiger partial charge in [0.25, 0.3) is 0 Å². The fourth-order valence-corrected chi connectivity index (χ4v) is 10.2. The molecule has 4 heteroatoms. The highest BCUT2D eigenvalue weighted by molar-refractivity contribution is 5.99. The summed E-state index contributed by atoms with van der Waals surface area (Å²) in [6.07, 6.45) is 1.89. The van der Waals surface area contributed by atoms with Gasteiger partial charge in [-0.15, -0.1) is 0 Å². The Labute approximate surface area is 434 Å². The van der Waals surface area contributed by atoms with Gasteiger partial charge in [0.15, 0.2) is 0 Å². The van der Waals surface area contributed by atoms with Crippen molar-refractivity contribution in [2.75, 3.05) is 0 Å². The van der Waals surface area contributed by atoms with Crippen molar-refractivity contribution in [1.29, 1.82) is 0 Å². The number of imidazole rings is 1. The molecule has 0 saturated heterocycles. The number of nitrogens with zero attached hydrogens (tertiary/aromatic N) is 3. The first kappa shape index (κ1) is 47.5. The molecule has 0 spiro atoms. The highest BCUT2D eigenvalue weighted by Crippen LogP contribution is 2.48. The zero-order valence-electron chi connectivity index (χ0n) is 45.3. The number of phenols is 1. The Morgan fingerprint density at radius 3 is 1.63 bits per heavy atom. The van der Waals surface area contributed by atoms with Gasteiger partial charge in [0.1, 0.15) is 11.6 Å². The topological polar surface area (TPSA) is 50.9 Å². The Balaban J connectivity index is 1.30. The van der Waals surface area contributed by atoms with Crippen LogP contribution in [0.15, 0.2) is 194 Å². The fourth-order valence-electron chi connectivity index (χ4n) is 10.2. The summed E-state index contributed by atoms with van der Waals surface area (Å²) in [6, 6.07) is 66.8. The van der Waals surface area contributed by atoms with Crippen molar-refractivity contribution in [2.24, 2.45) is 0 Å². The van der Waals surface area contributed by atoms with E-state index >= 15 is 0 Å². The summed E-state index contributed by atoms with van der Waals surface area (Å²) in [5.41, 5.74) is 19.3. The van der Waals surface area contributed by atoms with Crippen LogP contribution in [0.3, 0.4) is 0 Å². The van der Waals surface area contributed by atoms with Gasteiger partial charge in [-0.25, -0.2) is 4.98 Å². The molecule has 4 nitrogen and oxygen atoms in total. The summed E-state index contributed by atoms with van der Waals surface area (Å²) in [6.45, 7) is 23.9. The van der Waals surface area contributed by atoms with Crippen LogP contribution in [-0.2, 0) is 16.2 Å². The van der Waals surface area contributed by atoms with Gasteiger partial charge in [0.05, 0.1) is 28.0 Å². The Bertz CT molecular complexity index is 3680. The number of hydrogen-bond donors (Lipinski definition) is 1. The first-order valence-corrected chi connectivity index (χ1v) is 25.6. The summed E-state index contributed by atoms with van der Waals surface area (Å²) in [5, 5.41) is 12.8. The van der Waals surface area contributed by atoms with E-state index in [1.165, 1.54) is 5.56 Å². The number of phenolic OH excluding ortho intramolecular Hbond substituents is 1. The van der Waals surface area contributed by atoms with E-state index < -0.39 is 5.89 Å². The maximum atomic E-state index is 12.8. The number of pyridine rings is 1. The summed E-state index contributed by atoms with van der Waals surface area (Å²) >= 11 is 0. The van der Waals surface area contributed by atoms with Gasteiger partial charge >= 0.3 is 0 Å².